The Kier molecular flexibility index (Phi) is 6.06. The number of thioether (sulfide) groups is 1. The zero-order valence-electron chi connectivity index (χ0n) is 16.3. The molecule has 1 aromatic heterocycles. The number of hydrogen-bond acceptors (Lipinski definition) is 6. The summed E-state index contributed by atoms with van der Waals surface area (Å²) in [6, 6.07) is 9.33. The molecule has 0 bridgehead atoms. The van der Waals surface area contributed by atoms with Gasteiger partial charge in [-0.2, -0.15) is 5.26 Å². The number of rotatable bonds is 6. The van der Waals surface area contributed by atoms with E-state index in [0.717, 1.165) is 12.8 Å². The van der Waals surface area contributed by atoms with E-state index < -0.39 is 5.54 Å². The van der Waals surface area contributed by atoms with E-state index in [1.807, 2.05) is 12.1 Å². The Morgan fingerprint density at radius 1 is 1.46 bits per heavy atom. The van der Waals surface area contributed by atoms with Gasteiger partial charge in [0.1, 0.15) is 5.54 Å². The molecule has 0 spiro atoms. The lowest BCUT2D eigenvalue weighted by molar-refractivity contribution is -0.130. The lowest BCUT2D eigenvalue weighted by Gasteiger charge is -2.29. The molecule has 0 N–H and O–H groups in total. The van der Waals surface area contributed by atoms with Gasteiger partial charge >= 0.3 is 0 Å². The minimum absolute atomic E-state index is 0.0177. The van der Waals surface area contributed by atoms with Crippen LogP contribution in [-0.4, -0.2) is 51.4 Å². The van der Waals surface area contributed by atoms with Crippen LogP contribution < -0.4 is 5.56 Å². The first-order valence-corrected chi connectivity index (χ1v) is 10.2. The highest BCUT2D eigenvalue weighted by Crippen LogP contribution is 2.22. The molecule has 2 heterocycles. The van der Waals surface area contributed by atoms with Crippen molar-refractivity contribution in [2.45, 2.75) is 50.0 Å². The number of amides is 1. The van der Waals surface area contributed by atoms with Crippen molar-refractivity contribution >= 4 is 28.6 Å². The average molecular weight is 401 g/mol. The zero-order chi connectivity index (χ0) is 20.3. The van der Waals surface area contributed by atoms with Gasteiger partial charge in [0.15, 0.2) is 5.16 Å². The molecule has 0 unspecified atom stereocenters. The molecule has 0 saturated carbocycles. The smallest absolute Gasteiger partial charge is 0.262 e. The molecule has 1 atom stereocenters. The summed E-state index contributed by atoms with van der Waals surface area (Å²) in [5.74, 6) is -0.0969. The quantitative estimate of drug-likeness (QED) is 0.547. The molecule has 1 amide bonds. The third kappa shape index (κ3) is 4.21. The van der Waals surface area contributed by atoms with Gasteiger partial charge in [-0.25, -0.2) is 4.98 Å². The summed E-state index contributed by atoms with van der Waals surface area (Å²) in [6.45, 7) is 4.51. The van der Waals surface area contributed by atoms with Gasteiger partial charge in [-0.05, 0) is 38.8 Å². The number of para-hydroxylation sites is 1. The van der Waals surface area contributed by atoms with Crippen LogP contribution in [0.5, 0.6) is 0 Å². The molecule has 2 aromatic rings. The van der Waals surface area contributed by atoms with E-state index >= 15 is 0 Å². The first-order chi connectivity index (χ1) is 13.3. The second-order valence-electron chi connectivity index (χ2n) is 7.37. The van der Waals surface area contributed by atoms with Gasteiger partial charge in [0.2, 0.25) is 5.91 Å². The molecule has 28 heavy (non-hydrogen) atoms. The molecule has 1 saturated heterocycles. The monoisotopic (exact) mass is 400 g/mol. The fourth-order valence-corrected chi connectivity index (χ4v) is 3.94. The van der Waals surface area contributed by atoms with Crippen LogP contribution in [0.25, 0.3) is 10.9 Å². The topological polar surface area (TPSA) is 88.2 Å². The third-order valence-electron chi connectivity index (χ3n) is 5.05. The van der Waals surface area contributed by atoms with Gasteiger partial charge < -0.3 is 9.64 Å². The summed E-state index contributed by atoms with van der Waals surface area (Å²) in [6.07, 6.45) is 1.87. The van der Waals surface area contributed by atoms with E-state index in [1.165, 1.54) is 16.7 Å². The number of nitriles is 1. The first kappa shape index (κ1) is 20.4. The zero-order valence-corrected chi connectivity index (χ0v) is 17.2. The maximum absolute atomic E-state index is 13.0. The Labute approximate surface area is 168 Å². The number of carbonyl (C=O) groups is 1. The Bertz CT molecular complexity index is 974. The molecule has 0 radical (unpaired) electrons. The maximum Gasteiger partial charge on any atom is 0.262 e. The third-order valence-corrected chi connectivity index (χ3v) is 6.01. The second kappa shape index (κ2) is 8.33. The Balaban J connectivity index is 1.89. The Morgan fingerprint density at radius 2 is 2.21 bits per heavy atom. The van der Waals surface area contributed by atoms with Crippen LogP contribution in [-0.2, 0) is 16.1 Å². The number of carbonyl (C=O) groups excluding carboxylic acids is 1. The van der Waals surface area contributed by atoms with Gasteiger partial charge in [-0.1, -0.05) is 23.9 Å². The predicted molar refractivity (Wildman–Crippen MR) is 108 cm³/mol. The maximum atomic E-state index is 13.0. The Morgan fingerprint density at radius 3 is 2.89 bits per heavy atom. The normalized spacial score (nSPS) is 16.9. The van der Waals surface area contributed by atoms with E-state index in [4.69, 9.17) is 4.74 Å². The van der Waals surface area contributed by atoms with E-state index in [2.05, 4.69) is 11.1 Å². The van der Waals surface area contributed by atoms with Gasteiger partial charge in [0.05, 0.1) is 35.4 Å². The van der Waals surface area contributed by atoms with Gasteiger partial charge in [0.25, 0.3) is 5.56 Å². The SMILES string of the molecule is CN(C(=O)CSc1nc2ccccc2c(=O)n1C[C@H]1CCCO1)C(C)(C)C#N. The van der Waals surface area contributed by atoms with Crippen LogP contribution in [0.1, 0.15) is 26.7 Å². The highest BCUT2D eigenvalue weighted by atomic mass is 32.2. The summed E-state index contributed by atoms with van der Waals surface area (Å²) in [5.41, 5.74) is -0.412. The molecule has 3 rings (SSSR count). The summed E-state index contributed by atoms with van der Waals surface area (Å²) in [7, 11) is 1.61. The average Bonchev–Trinajstić information content (AvgIpc) is 3.21. The number of hydrogen-bond donors (Lipinski definition) is 0. The fourth-order valence-electron chi connectivity index (χ4n) is 3.02. The van der Waals surface area contributed by atoms with E-state index in [0.29, 0.717) is 29.2 Å². The molecule has 8 heteroatoms. The van der Waals surface area contributed by atoms with Crippen molar-refractivity contribution in [3.05, 3.63) is 34.6 Å². The largest absolute Gasteiger partial charge is 0.376 e. The number of aromatic nitrogens is 2. The van der Waals surface area contributed by atoms with Crippen molar-refractivity contribution in [2.75, 3.05) is 19.4 Å². The second-order valence-corrected chi connectivity index (χ2v) is 8.32. The standard InChI is InChI=1S/C20H24N4O3S/c1-20(2,13-21)23(3)17(25)12-28-19-22-16-9-5-4-8-15(16)18(26)24(19)11-14-7-6-10-27-14/h4-5,8-9,14H,6-7,10-12H2,1-3H3/t14-/m1/s1. The van der Waals surface area contributed by atoms with Crippen LogP contribution >= 0.6 is 11.8 Å². The van der Waals surface area contributed by atoms with Crippen LogP contribution in [0, 0.1) is 11.3 Å². The highest BCUT2D eigenvalue weighted by molar-refractivity contribution is 7.99. The van der Waals surface area contributed by atoms with Crippen LogP contribution in [0.15, 0.2) is 34.2 Å². The molecule has 1 aliphatic heterocycles. The first-order valence-electron chi connectivity index (χ1n) is 9.25. The lowest BCUT2D eigenvalue weighted by Crippen LogP contribution is -2.44. The summed E-state index contributed by atoms with van der Waals surface area (Å²) in [4.78, 5) is 31.6. The van der Waals surface area contributed by atoms with Gasteiger partial charge in [0, 0.05) is 13.7 Å². The number of benzene rings is 1. The molecule has 148 valence electrons. The predicted octanol–water partition coefficient (Wildman–Crippen LogP) is 2.43. The van der Waals surface area contributed by atoms with Crippen LogP contribution in [0.3, 0.4) is 0 Å². The van der Waals surface area contributed by atoms with Crippen molar-refractivity contribution in [1.82, 2.24) is 14.5 Å². The lowest BCUT2D eigenvalue weighted by atomic mass is 10.1. The minimum atomic E-state index is -0.897. The molecule has 7 nitrogen and oxygen atoms in total. The van der Waals surface area contributed by atoms with Crippen molar-refractivity contribution in [1.29, 1.82) is 5.26 Å². The number of fused-ring (bicyclic) bond motifs is 1. The van der Waals surface area contributed by atoms with Crippen LogP contribution in [0.4, 0.5) is 0 Å². The van der Waals surface area contributed by atoms with Crippen molar-refractivity contribution in [3.8, 4) is 6.07 Å². The molecule has 0 aliphatic carbocycles. The molecular weight excluding hydrogens is 376 g/mol. The minimum Gasteiger partial charge on any atom is -0.376 e. The van der Waals surface area contributed by atoms with Crippen molar-refractivity contribution in [3.63, 3.8) is 0 Å². The fraction of sp³-hybridized carbons (Fsp3) is 0.500. The molecule has 1 fully saturated rings. The molecular formula is C20H24N4O3S. The number of nitrogens with zero attached hydrogens (tertiary/aromatic N) is 4. The van der Waals surface area contributed by atoms with Crippen LogP contribution in [0.2, 0.25) is 0 Å². The van der Waals surface area contributed by atoms with Crippen molar-refractivity contribution in [2.24, 2.45) is 0 Å². The van der Waals surface area contributed by atoms with Gasteiger partial charge in [-0.15, -0.1) is 0 Å². The van der Waals surface area contributed by atoms with E-state index in [-0.39, 0.29) is 23.3 Å². The molecule has 1 aromatic carbocycles. The summed E-state index contributed by atoms with van der Waals surface area (Å²) >= 11 is 1.22. The summed E-state index contributed by atoms with van der Waals surface area (Å²) in [5, 5.41) is 10.3. The Hall–Kier alpha value is -2.37. The van der Waals surface area contributed by atoms with E-state index in [9.17, 15) is 14.9 Å². The summed E-state index contributed by atoms with van der Waals surface area (Å²) < 4.78 is 7.31. The van der Waals surface area contributed by atoms with Crippen molar-refractivity contribution < 1.29 is 9.53 Å². The molecule has 1 aliphatic rings. The van der Waals surface area contributed by atoms with E-state index in [1.54, 1.807) is 37.6 Å². The van der Waals surface area contributed by atoms with Gasteiger partial charge in [-0.3, -0.25) is 14.2 Å². The number of ether oxygens (including phenoxy) is 1. The highest BCUT2D eigenvalue weighted by Gasteiger charge is 2.28.